The van der Waals surface area contributed by atoms with Gasteiger partial charge in [-0.3, -0.25) is 9.59 Å². The van der Waals surface area contributed by atoms with Crippen LogP contribution in [0.5, 0.6) is 11.5 Å². The van der Waals surface area contributed by atoms with Crippen LogP contribution in [0.2, 0.25) is 0 Å². The Balaban J connectivity index is 1.84. The standard InChI is InChI=1S/C24H25N5O4/c1-5-29-24(31)19-9-7-6-8-18(19)21(27-29)23(30)26-20(22-25-10-11-28(22)2)15-12-16(32-3)14-17(13-15)33-4/h6-14,20H,5H2,1-4H3,(H,26,30). The molecule has 0 fully saturated rings. The van der Waals surface area contributed by atoms with E-state index in [0.717, 1.165) is 5.56 Å². The number of nitrogens with zero attached hydrogens (tertiary/aromatic N) is 4. The van der Waals surface area contributed by atoms with Gasteiger partial charge < -0.3 is 19.4 Å². The van der Waals surface area contributed by atoms with Crippen LogP contribution in [0, 0.1) is 0 Å². The van der Waals surface area contributed by atoms with E-state index in [0.29, 0.717) is 34.6 Å². The van der Waals surface area contributed by atoms with Crippen LogP contribution in [0.25, 0.3) is 10.8 Å². The van der Waals surface area contributed by atoms with Gasteiger partial charge in [0.25, 0.3) is 11.5 Å². The monoisotopic (exact) mass is 447 g/mol. The number of hydrogen-bond acceptors (Lipinski definition) is 6. The predicted molar refractivity (Wildman–Crippen MR) is 124 cm³/mol. The molecule has 0 spiro atoms. The number of carbonyl (C=O) groups is 1. The first-order valence-corrected chi connectivity index (χ1v) is 10.5. The molecule has 170 valence electrons. The lowest BCUT2D eigenvalue weighted by molar-refractivity contribution is 0.0935. The van der Waals surface area contributed by atoms with Crippen molar-refractivity contribution in [3.05, 3.63) is 82.3 Å². The number of benzene rings is 2. The van der Waals surface area contributed by atoms with E-state index in [2.05, 4.69) is 15.4 Å². The minimum Gasteiger partial charge on any atom is -0.497 e. The molecular formula is C24H25N5O4. The number of carbonyl (C=O) groups excluding carboxylic acids is 1. The zero-order valence-corrected chi connectivity index (χ0v) is 18.9. The van der Waals surface area contributed by atoms with Gasteiger partial charge in [-0.15, -0.1) is 0 Å². The van der Waals surface area contributed by atoms with Crippen LogP contribution in [0.3, 0.4) is 0 Å². The number of hydrogen-bond donors (Lipinski definition) is 1. The Labute approximate surface area is 190 Å². The van der Waals surface area contributed by atoms with Gasteiger partial charge in [0.05, 0.1) is 19.6 Å². The molecule has 0 aliphatic carbocycles. The van der Waals surface area contributed by atoms with Crippen molar-refractivity contribution in [3.8, 4) is 11.5 Å². The van der Waals surface area contributed by atoms with E-state index in [-0.39, 0.29) is 11.3 Å². The van der Waals surface area contributed by atoms with E-state index in [9.17, 15) is 9.59 Å². The molecule has 2 aromatic heterocycles. The van der Waals surface area contributed by atoms with Crippen molar-refractivity contribution < 1.29 is 14.3 Å². The normalized spacial score (nSPS) is 11.9. The molecule has 4 rings (SSSR count). The molecule has 0 radical (unpaired) electrons. The maximum Gasteiger partial charge on any atom is 0.274 e. The third-order valence-electron chi connectivity index (χ3n) is 5.48. The maximum absolute atomic E-state index is 13.5. The molecule has 2 heterocycles. The fraction of sp³-hybridized carbons (Fsp3) is 0.250. The zero-order chi connectivity index (χ0) is 23.5. The molecule has 33 heavy (non-hydrogen) atoms. The van der Waals surface area contributed by atoms with Crippen molar-refractivity contribution in [2.75, 3.05) is 14.2 Å². The quantitative estimate of drug-likeness (QED) is 0.468. The summed E-state index contributed by atoms with van der Waals surface area (Å²) in [4.78, 5) is 30.7. The van der Waals surface area contributed by atoms with Crippen LogP contribution < -0.4 is 20.3 Å². The Bertz CT molecular complexity index is 1350. The van der Waals surface area contributed by atoms with Gasteiger partial charge in [0.15, 0.2) is 5.69 Å². The third-order valence-corrected chi connectivity index (χ3v) is 5.48. The highest BCUT2D eigenvalue weighted by atomic mass is 16.5. The average molecular weight is 447 g/mol. The zero-order valence-electron chi connectivity index (χ0n) is 18.9. The van der Waals surface area contributed by atoms with Crippen LogP contribution in [0.4, 0.5) is 0 Å². The molecular weight excluding hydrogens is 422 g/mol. The van der Waals surface area contributed by atoms with Gasteiger partial charge in [-0.1, -0.05) is 18.2 Å². The summed E-state index contributed by atoms with van der Waals surface area (Å²) >= 11 is 0. The van der Waals surface area contributed by atoms with Crippen LogP contribution in [-0.2, 0) is 13.6 Å². The van der Waals surface area contributed by atoms with E-state index in [4.69, 9.17) is 9.47 Å². The van der Waals surface area contributed by atoms with Crippen molar-refractivity contribution >= 4 is 16.7 Å². The summed E-state index contributed by atoms with van der Waals surface area (Å²) in [6, 6.07) is 11.7. The maximum atomic E-state index is 13.5. The summed E-state index contributed by atoms with van der Waals surface area (Å²) in [5, 5.41) is 8.33. The summed E-state index contributed by atoms with van der Waals surface area (Å²) in [5.41, 5.74) is 0.658. The first-order chi connectivity index (χ1) is 16.0. The summed E-state index contributed by atoms with van der Waals surface area (Å²) in [5.74, 6) is 1.36. The molecule has 0 aliphatic heterocycles. The van der Waals surface area contributed by atoms with Crippen molar-refractivity contribution in [2.24, 2.45) is 7.05 Å². The van der Waals surface area contributed by atoms with Gasteiger partial charge >= 0.3 is 0 Å². The highest BCUT2D eigenvalue weighted by molar-refractivity contribution is 6.05. The van der Waals surface area contributed by atoms with E-state index in [1.165, 1.54) is 4.68 Å². The molecule has 1 N–H and O–H groups in total. The van der Waals surface area contributed by atoms with Crippen molar-refractivity contribution in [3.63, 3.8) is 0 Å². The summed E-state index contributed by atoms with van der Waals surface area (Å²) in [6.45, 7) is 2.16. The first kappa shape index (κ1) is 22.1. The van der Waals surface area contributed by atoms with Crippen molar-refractivity contribution in [1.29, 1.82) is 0 Å². The predicted octanol–water partition coefficient (Wildman–Crippen LogP) is 2.69. The Morgan fingerprint density at radius 2 is 1.76 bits per heavy atom. The number of imidazole rings is 1. The highest BCUT2D eigenvalue weighted by Crippen LogP contribution is 2.30. The van der Waals surface area contributed by atoms with Gasteiger partial charge in [-0.25, -0.2) is 9.67 Å². The number of ether oxygens (including phenoxy) is 2. The van der Waals surface area contributed by atoms with Gasteiger partial charge in [0.1, 0.15) is 23.4 Å². The Kier molecular flexibility index (Phi) is 6.12. The smallest absolute Gasteiger partial charge is 0.274 e. The van der Waals surface area contributed by atoms with Gasteiger partial charge in [0, 0.05) is 37.4 Å². The number of aromatic nitrogens is 4. The fourth-order valence-electron chi connectivity index (χ4n) is 3.77. The second kappa shape index (κ2) is 9.15. The van der Waals surface area contributed by atoms with Crippen molar-refractivity contribution in [2.45, 2.75) is 19.5 Å². The Morgan fingerprint density at radius 1 is 1.09 bits per heavy atom. The van der Waals surface area contributed by atoms with E-state index < -0.39 is 11.9 Å². The fourth-order valence-corrected chi connectivity index (χ4v) is 3.77. The Hall–Kier alpha value is -4.14. The lowest BCUT2D eigenvalue weighted by atomic mass is 10.0. The minimum absolute atomic E-state index is 0.168. The van der Waals surface area contributed by atoms with Crippen LogP contribution in [0.1, 0.15) is 34.8 Å². The Morgan fingerprint density at radius 3 is 2.33 bits per heavy atom. The van der Waals surface area contributed by atoms with Gasteiger partial charge in [-0.05, 0) is 30.7 Å². The molecule has 2 aromatic carbocycles. The molecule has 9 heteroatoms. The first-order valence-electron chi connectivity index (χ1n) is 10.5. The molecule has 0 saturated heterocycles. The average Bonchev–Trinajstić information content (AvgIpc) is 3.27. The number of nitrogens with one attached hydrogen (secondary N) is 1. The van der Waals surface area contributed by atoms with Crippen LogP contribution >= 0.6 is 0 Å². The van der Waals surface area contributed by atoms with Gasteiger partial charge in [0.2, 0.25) is 0 Å². The third kappa shape index (κ3) is 4.17. The minimum atomic E-state index is -0.621. The number of rotatable bonds is 7. The molecule has 1 unspecified atom stereocenters. The summed E-state index contributed by atoms with van der Waals surface area (Å²) < 4.78 is 14.0. The topological polar surface area (TPSA) is 100 Å². The van der Waals surface area contributed by atoms with Crippen LogP contribution in [-0.4, -0.2) is 39.5 Å². The SMILES string of the molecule is CCn1nc(C(=O)NC(c2cc(OC)cc(OC)c2)c2nccn2C)c2ccccc2c1=O. The second-order valence-electron chi connectivity index (χ2n) is 7.46. The number of amides is 1. The number of aryl methyl sites for hydroxylation is 2. The molecule has 0 aliphatic rings. The van der Waals surface area contributed by atoms with Crippen molar-refractivity contribution in [1.82, 2.24) is 24.6 Å². The molecule has 4 aromatic rings. The second-order valence-corrected chi connectivity index (χ2v) is 7.46. The molecule has 0 bridgehead atoms. The van der Waals surface area contributed by atoms with E-state index in [1.807, 2.05) is 30.7 Å². The number of fused-ring (bicyclic) bond motifs is 1. The van der Waals surface area contributed by atoms with Crippen LogP contribution in [0.15, 0.2) is 59.7 Å². The molecule has 9 nitrogen and oxygen atoms in total. The largest absolute Gasteiger partial charge is 0.497 e. The molecule has 1 atom stereocenters. The highest BCUT2D eigenvalue weighted by Gasteiger charge is 2.25. The molecule has 1 amide bonds. The summed E-state index contributed by atoms with van der Waals surface area (Å²) in [7, 11) is 4.98. The lowest BCUT2D eigenvalue weighted by Crippen LogP contribution is -2.34. The summed E-state index contributed by atoms with van der Waals surface area (Å²) in [6.07, 6.45) is 3.47. The van der Waals surface area contributed by atoms with E-state index in [1.54, 1.807) is 56.9 Å². The lowest BCUT2D eigenvalue weighted by Gasteiger charge is -2.21. The van der Waals surface area contributed by atoms with E-state index >= 15 is 0 Å². The number of methoxy groups -OCH3 is 2. The molecule has 0 saturated carbocycles. The van der Waals surface area contributed by atoms with Gasteiger partial charge in [-0.2, -0.15) is 5.10 Å².